The van der Waals surface area contributed by atoms with E-state index in [1.54, 1.807) is 30.2 Å². The van der Waals surface area contributed by atoms with Crippen LogP contribution in [0.15, 0.2) is 43.0 Å². The Kier molecular flexibility index (Phi) is 5.20. The van der Waals surface area contributed by atoms with Crippen LogP contribution in [0.5, 0.6) is 0 Å². The molecule has 0 aliphatic carbocycles. The van der Waals surface area contributed by atoms with Crippen molar-refractivity contribution in [3.05, 3.63) is 71.3 Å². The lowest BCUT2D eigenvalue weighted by Crippen LogP contribution is -2.29. The van der Waals surface area contributed by atoms with Gasteiger partial charge in [-0.1, -0.05) is 0 Å². The van der Waals surface area contributed by atoms with Gasteiger partial charge in [0.1, 0.15) is 17.3 Å². The maximum Gasteiger partial charge on any atom is 0.251 e. The number of benzene rings is 1. The molecule has 0 bridgehead atoms. The number of aryl methyl sites for hydroxylation is 1. The van der Waals surface area contributed by atoms with Gasteiger partial charge in [0.05, 0.1) is 29.3 Å². The van der Waals surface area contributed by atoms with Crippen LogP contribution in [0.1, 0.15) is 41.7 Å². The largest absolute Gasteiger partial charge is 0.366 e. The van der Waals surface area contributed by atoms with E-state index in [0.717, 1.165) is 37.2 Å². The molecule has 4 aromatic rings. The Morgan fingerprint density at radius 2 is 1.88 bits per heavy atom. The highest BCUT2D eigenvalue weighted by Gasteiger charge is 2.23. The number of fused-ring (bicyclic) bond motifs is 1. The summed E-state index contributed by atoms with van der Waals surface area (Å²) in [4.78, 5) is 18.2. The second kappa shape index (κ2) is 8.08. The predicted molar refractivity (Wildman–Crippen MR) is 123 cm³/mol. The minimum absolute atomic E-state index is 0. The van der Waals surface area contributed by atoms with Crippen molar-refractivity contribution in [1.82, 2.24) is 24.1 Å². The zero-order valence-corrected chi connectivity index (χ0v) is 18.4. The van der Waals surface area contributed by atoms with E-state index >= 15 is 0 Å². The number of aromatic nitrogens is 4. The lowest BCUT2D eigenvalue weighted by molar-refractivity contribution is 0.0996. The molecule has 33 heavy (non-hydrogen) atoms. The molecule has 1 fully saturated rings. The van der Waals surface area contributed by atoms with E-state index in [1.165, 1.54) is 18.2 Å². The molecule has 1 aliphatic rings. The van der Waals surface area contributed by atoms with E-state index in [9.17, 15) is 13.6 Å². The summed E-state index contributed by atoms with van der Waals surface area (Å²) in [6.07, 6.45) is 8.78. The summed E-state index contributed by atoms with van der Waals surface area (Å²) < 4.78 is 32.4. The van der Waals surface area contributed by atoms with E-state index < -0.39 is 11.7 Å². The third-order valence-corrected chi connectivity index (χ3v) is 6.46. The zero-order chi connectivity index (χ0) is 23.3. The molecular formula is C24H26F2N6O. The molecule has 0 unspecified atom stereocenters. The van der Waals surface area contributed by atoms with Crippen molar-refractivity contribution >= 4 is 11.6 Å². The van der Waals surface area contributed by atoms with Gasteiger partial charge in [-0.3, -0.25) is 9.20 Å². The van der Waals surface area contributed by atoms with Gasteiger partial charge < -0.3 is 10.6 Å². The number of carbonyl (C=O) groups excluding carboxylic acids is 1. The predicted octanol–water partition coefficient (Wildman–Crippen LogP) is 3.93. The molecule has 7 nitrogen and oxygen atoms in total. The number of hydrogen-bond acceptors (Lipinski definition) is 4. The first kappa shape index (κ1) is 21.3. The molecule has 0 atom stereocenters. The van der Waals surface area contributed by atoms with Gasteiger partial charge in [-0.25, -0.2) is 18.4 Å². The Morgan fingerprint density at radius 1 is 1.12 bits per heavy atom. The molecule has 1 aliphatic heterocycles. The third kappa shape index (κ3) is 3.78. The quantitative estimate of drug-likeness (QED) is 0.509. The first-order chi connectivity index (χ1) is 15.8. The van der Waals surface area contributed by atoms with Gasteiger partial charge in [-0.2, -0.15) is 5.10 Å². The van der Waals surface area contributed by atoms with Crippen LogP contribution in [0.4, 0.5) is 8.78 Å². The number of imidazole rings is 1. The van der Waals surface area contributed by atoms with Gasteiger partial charge in [0, 0.05) is 31.0 Å². The minimum Gasteiger partial charge on any atom is -0.366 e. The topological polar surface area (TPSA) is 81.5 Å². The van der Waals surface area contributed by atoms with Crippen LogP contribution < -0.4 is 5.73 Å². The van der Waals surface area contributed by atoms with E-state index in [1.807, 2.05) is 10.6 Å². The van der Waals surface area contributed by atoms with E-state index in [2.05, 4.69) is 22.0 Å². The van der Waals surface area contributed by atoms with E-state index in [4.69, 9.17) is 5.73 Å². The van der Waals surface area contributed by atoms with Gasteiger partial charge in [0.25, 0.3) is 5.91 Å². The number of pyridine rings is 1. The smallest absolute Gasteiger partial charge is 0.251 e. The number of likely N-dealkylation sites (tertiary alicyclic amines) is 1. The van der Waals surface area contributed by atoms with Crippen LogP contribution in [0.25, 0.3) is 22.6 Å². The van der Waals surface area contributed by atoms with Crippen LogP contribution in [0, 0.1) is 18.6 Å². The molecule has 2 N–H and O–H groups in total. The van der Waals surface area contributed by atoms with Crippen molar-refractivity contribution in [1.29, 1.82) is 0 Å². The van der Waals surface area contributed by atoms with Crippen molar-refractivity contribution in [2.24, 2.45) is 5.73 Å². The summed E-state index contributed by atoms with van der Waals surface area (Å²) in [5.74, 6) is -1.57. The number of nitrogens with two attached hydrogens (primary N) is 1. The summed E-state index contributed by atoms with van der Waals surface area (Å²) in [6, 6.07) is 4.14. The molecule has 1 aromatic carbocycles. The zero-order valence-electron chi connectivity index (χ0n) is 18.4. The number of amides is 1. The number of halogens is 2. The van der Waals surface area contributed by atoms with Gasteiger partial charge in [-0.15, -0.1) is 0 Å². The molecule has 1 amide bonds. The van der Waals surface area contributed by atoms with Gasteiger partial charge in [-0.05, 0) is 63.5 Å². The van der Waals surface area contributed by atoms with Gasteiger partial charge >= 0.3 is 0 Å². The molecular weight excluding hydrogens is 426 g/mol. The Morgan fingerprint density at radius 3 is 2.61 bits per heavy atom. The number of piperidine rings is 1. The fourth-order valence-electron chi connectivity index (χ4n) is 4.53. The van der Waals surface area contributed by atoms with E-state index in [-0.39, 0.29) is 18.7 Å². The number of nitrogens with zero attached hydrogens (tertiary/aromatic N) is 5. The molecule has 9 heteroatoms. The highest BCUT2D eigenvalue weighted by Crippen LogP contribution is 2.32. The van der Waals surface area contributed by atoms with Gasteiger partial charge in [0.2, 0.25) is 0 Å². The lowest BCUT2D eigenvalue weighted by Gasteiger charge is -2.29. The Hall–Kier alpha value is -3.59. The van der Waals surface area contributed by atoms with E-state index in [0.29, 0.717) is 22.5 Å². The molecule has 4 heterocycles. The molecule has 5 rings (SSSR count). The van der Waals surface area contributed by atoms with Crippen molar-refractivity contribution in [3.8, 4) is 16.9 Å². The van der Waals surface area contributed by atoms with Crippen molar-refractivity contribution in [3.63, 3.8) is 0 Å². The van der Waals surface area contributed by atoms with Crippen LogP contribution in [-0.2, 0) is 0 Å². The summed E-state index contributed by atoms with van der Waals surface area (Å²) in [6.45, 7) is 3.61. The number of primary amides is 1. The standard InChI is InChI=1S/C24H24F2N6O.H2/c1-14-7-19(25)17(24(27)33)8-21(14)32-12-16(10-29-32)22-11-28-23-9-20(26)18(13-31(22)23)15-3-5-30(2)6-4-15;/h7-13,15H,3-6H2,1-2H3,(H2,27,33);1H. The SMILES string of the molecule is Cc1cc(F)c(C(N)=O)cc1-n1cc(-c2cnc3cc(F)c(C4CCN(C)CC4)cn23)cn1.[HH]. The van der Waals surface area contributed by atoms with Crippen LogP contribution in [0.3, 0.4) is 0 Å². The fraction of sp³-hybridized carbons (Fsp3) is 0.292. The van der Waals surface area contributed by atoms with Crippen LogP contribution in [-0.4, -0.2) is 50.1 Å². The summed E-state index contributed by atoms with van der Waals surface area (Å²) in [7, 11) is 2.08. The fourth-order valence-corrected chi connectivity index (χ4v) is 4.53. The number of carbonyl (C=O) groups is 1. The Labute approximate surface area is 190 Å². The maximum atomic E-state index is 14.9. The van der Waals surface area contributed by atoms with Gasteiger partial charge in [0.15, 0.2) is 0 Å². The first-order valence-corrected chi connectivity index (χ1v) is 10.8. The Bertz CT molecular complexity index is 1370. The van der Waals surface area contributed by atoms with Crippen molar-refractivity contribution in [2.75, 3.05) is 20.1 Å². The summed E-state index contributed by atoms with van der Waals surface area (Å²) in [5.41, 5.74) is 8.99. The monoisotopic (exact) mass is 452 g/mol. The Balaban J connectivity index is 0.00000274. The molecule has 1 saturated heterocycles. The molecule has 3 aromatic heterocycles. The molecule has 0 radical (unpaired) electrons. The van der Waals surface area contributed by atoms with Crippen molar-refractivity contribution < 1.29 is 15.0 Å². The van der Waals surface area contributed by atoms with Crippen molar-refractivity contribution in [2.45, 2.75) is 25.7 Å². The van der Waals surface area contributed by atoms with Crippen LogP contribution >= 0.6 is 0 Å². The second-order valence-corrected chi connectivity index (χ2v) is 8.68. The number of hydrogen-bond donors (Lipinski definition) is 1. The lowest BCUT2D eigenvalue weighted by atomic mass is 9.90. The highest BCUT2D eigenvalue weighted by atomic mass is 19.1. The number of rotatable bonds is 4. The first-order valence-electron chi connectivity index (χ1n) is 10.8. The molecule has 0 spiro atoms. The highest BCUT2D eigenvalue weighted by molar-refractivity contribution is 5.93. The second-order valence-electron chi connectivity index (χ2n) is 8.68. The average molecular weight is 453 g/mol. The average Bonchev–Trinajstić information content (AvgIpc) is 3.40. The molecule has 172 valence electrons. The van der Waals surface area contributed by atoms with Crippen LogP contribution in [0.2, 0.25) is 0 Å². The normalized spacial score (nSPS) is 15.4. The maximum absolute atomic E-state index is 14.9. The summed E-state index contributed by atoms with van der Waals surface area (Å²) in [5, 5.41) is 4.40. The minimum atomic E-state index is -0.841. The third-order valence-electron chi connectivity index (χ3n) is 6.46. The summed E-state index contributed by atoms with van der Waals surface area (Å²) >= 11 is 0. The molecule has 0 saturated carbocycles.